The van der Waals surface area contributed by atoms with Crippen molar-refractivity contribution in [3.63, 3.8) is 0 Å². The summed E-state index contributed by atoms with van der Waals surface area (Å²) >= 11 is 0. The molecular weight excluding hydrogens is 491 g/mol. The smallest absolute Gasteiger partial charge is 0.253 e. The fourth-order valence-corrected chi connectivity index (χ4v) is 5.69. The SMILES string of the molecule is Cc1ccc2[nH]c(=O)c([C@H](c3nnnn3Cc3ccc(F)cc3)N3CCC(Cc4ccccc4)CC3)cc2c1. The highest BCUT2D eigenvalue weighted by Gasteiger charge is 2.33. The Hall–Kier alpha value is -4.17. The maximum absolute atomic E-state index is 13.5. The van der Waals surface area contributed by atoms with Gasteiger partial charge in [0.25, 0.3) is 5.56 Å². The number of rotatable bonds is 7. The summed E-state index contributed by atoms with van der Waals surface area (Å²) in [6.45, 7) is 4.09. The van der Waals surface area contributed by atoms with Crippen LogP contribution >= 0.6 is 0 Å². The van der Waals surface area contributed by atoms with E-state index in [1.54, 1.807) is 16.8 Å². The van der Waals surface area contributed by atoms with E-state index in [1.165, 1.54) is 17.7 Å². The second kappa shape index (κ2) is 10.9. The van der Waals surface area contributed by atoms with E-state index in [2.05, 4.69) is 61.8 Å². The number of hydrogen-bond acceptors (Lipinski definition) is 5. The van der Waals surface area contributed by atoms with Gasteiger partial charge >= 0.3 is 0 Å². The number of nitrogens with zero attached hydrogens (tertiary/aromatic N) is 5. The van der Waals surface area contributed by atoms with Crippen LogP contribution < -0.4 is 5.56 Å². The lowest BCUT2D eigenvalue weighted by Crippen LogP contribution is -2.41. The first kappa shape index (κ1) is 25.1. The number of halogens is 1. The van der Waals surface area contributed by atoms with Crippen molar-refractivity contribution in [2.45, 2.75) is 38.8 Å². The molecule has 2 aromatic heterocycles. The minimum absolute atomic E-state index is 0.140. The van der Waals surface area contributed by atoms with E-state index >= 15 is 0 Å². The number of aromatic amines is 1. The molecule has 1 aliphatic heterocycles. The van der Waals surface area contributed by atoms with Gasteiger partial charge in [-0.1, -0.05) is 54.1 Å². The van der Waals surface area contributed by atoms with Gasteiger partial charge in [0.15, 0.2) is 5.82 Å². The molecule has 1 atom stereocenters. The molecule has 1 aliphatic rings. The van der Waals surface area contributed by atoms with Crippen LogP contribution in [0, 0.1) is 18.7 Å². The van der Waals surface area contributed by atoms with E-state index in [0.29, 0.717) is 23.9 Å². The molecule has 3 heterocycles. The van der Waals surface area contributed by atoms with Gasteiger partial charge in [-0.05, 0) is 102 Å². The van der Waals surface area contributed by atoms with E-state index in [4.69, 9.17) is 0 Å². The number of nitrogens with one attached hydrogen (secondary N) is 1. The first-order valence-corrected chi connectivity index (χ1v) is 13.5. The highest BCUT2D eigenvalue weighted by molar-refractivity contribution is 5.79. The summed E-state index contributed by atoms with van der Waals surface area (Å²) in [5.41, 5.74) is 4.66. The number of piperidine rings is 1. The summed E-state index contributed by atoms with van der Waals surface area (Å²) in [6, 6.07) is 24.5. The predicted octanol–water partition coefficient (Wildman–Crippen LogP) is 5.05. The van der Waals surface area contributed by atoms with Gasteiger partial charge in [0.1, 0.15) is 11.9 Å². The number of pyridine rings is 1. The third kappa shape index (κ3) is 5.52. The van der Waals surface area contributed by atoms with E-state index < -0.39 is 6.04 Å². The predicted molar refractivity (Wildman–Crippen MR) is 149 cm³/mol. The Morgan fingerprint density at radius 3 is 2.51 bits per heavy atom. The van der Waals surface area contributed by atoms with Crippen molar-refractivity contribution in [3.05, 3.63) is 123 Å². The molecule has 0 spiro atoms. The number of aromatic nitrogens is 5. The Balaban J connectivity index is 1.35. The van der Waals surface area contributed by atoms with Crippen molar-refractivity contribution < 1.29 is 4.39 Å². The van der Waals surface area contributed by atoms with Gasteiger partial charge in [0.2, 0.25) is 0 Å². The van der Waals surface area contributed by atoms with Crippen molar-refractivity contribution in [1.82, 2.24) is 30.1 Å². The Bertz CT molecular complexity index is 1620. The maximum atomic E-state index is 13.5. The third-order valence-electron chi connectivity index (χ3n) is 7.75. The zero-order chi connectivity index (χ0) is 26.8. The lowest BCUT2D eigenvalue weighted by atomic mass is 9.89. The first-order valence-electron chi connectivity index (χ1n) is 13.5. The molecule has 0 bridgehead atoms. The van der Waals surface area contributed by atoms with Crippen LogP contribution in [0.4, 0.5) is 4.39 Å². The Kier molecular flexibility index (Phi) is 7.02. The number of hydrogen-bond donors (Lipinski definition) is 1. The highest BCUT2D eigenvalue weighted by Crippen LogP contribution is 2.32. The zero-order valence-electron chi connectivity index (χ0n) is 21.9. The molecule has 39 heavy (non-hydrogen) atoms. The molecule has 0 radical (unpaired) electrons. The van der Waals surface area contributed by atoms with E-state index in [0.717, 1.165) is 54.4 Å². The molecule has 0 saturated carbocycles. The lowest BCUT2D eigenvalue weighted by Gasteiger charge is -2.37. The number of benzene rings is 3. The van der Waals surface area contributed by atoms with Crippen LogP contribution in [0.2, 0.25) is 0 Å². The van der Waals surface area contributed by atoms with Gasteiger partial charge in [0.05, 0.1) is 6.54 Å². The Labute approximate surface area is 226 Å². The van der Waals surface area contributed by atoms with Gasteiger partial charge in [0, 0.05) is 11.1 Å². The topological polar surface area (TPSA) is 79.7 Å². The van der Waals surface area contributed by atoms with Crippen LogP contribution in [0.15, 0.2) is 83.7 Å². The van der Waals surface area contributed by atoms with Crippen LogP contribution in [0.5, 0.6) is 0 Å². The minimum Gasteiger partial charge on any atom is -0.322 e. The molecule has 0 aliphatic carbocycles. The largest absolute Gasteiger partial charge is 0.322 e. The van der Waals surface area contributed by atoms with Crippen molar-refractivity contribution in [2.75, 3.05) is 13.1 Å². The zero-order valence-corrected chi connectivity index (χ0v) is 21.9. The molecule has 5 aromatic rings. The van der Waals surface area contributed by atoms with E-state index in [9.17, 15) is 9.18 Å². The number of tetrazole rings is 1. The van der Waals surface area contributed by atoms with Gasteiger partial charge in [-0.2, -0.15) is 0 Å². The van der Waals surface area contributed by atoms with Crippen LogP contribution in [-0.2, 0) is 13.0 Å². The molecule has 8 heteroatoms. The number of likely N-dealkylation sites (tertiary alicyclic amines) is 1. The summed E-state index contributed by atoms with van der Waals surface area (Å²) in [4.78, 5) is 18.9. The average molecular weight is 523 g/mol. The van der Waals surface area contributed by atoms with Crippen LogP contribution in [0.3, 0.4) is 0 Å². The van der Waals surface area contributed by atoms with Gasteiger partial charge in [-0.3, -0.25) is 9.69 Å². The molecular formula is C31H31FN6O. The lowest BCUT2D eigenvalue weighted by molar-refractivity contribution is 0.143. The summed E-state index contributed by atoms with van der Waals surface area (Å²) in [5.74, 6) is 0.903. The normalized spacial score (nSPS) is 15.5. The van der Waals surface area contributed by atoms with Crippen LogP contribution in [0.1, 0.15) is 47.0 Å². The number of fused-ring (bicyclic) bond motifs is 1. The first-order chi connectivity index (χ1) is 19.0. The highest BCUT2D eigenvalue weighted by atomic mass is 19.1. The van der Waals surface area contributed by atoms with Gasteiger partial charge in [-0.15, -0.1) is 5.10 Å². The molecule has 1 N–H and O–H groups in total. The summed E-state index contributed by atoms with van der Waals surface area (Å²) < 4.78 is 15.2. The molecule has 3 aromatic carbocycles. The van der Waals surface area contributed by atoms with Crippen LogP contribution in [-0.4, -0.2) is 43.2 Å². The second-order valence-electron chi connectivity index (χ2n) is 10.5. The molecule has 1 saturated heterocycles. The van der Waals surface area contributed by atoms with Gasteiger partial charge < -0.3 is 4.98 Å². The molecule has 0 unspecified atom stereocenters. The third-order valence-corrected chi connectivity index (χ3v) is 7.75. The number of H-pyrrole nitrogens is 1. The Morgan fingerprint density at radius 2 is 1.74 bits per heavy atom. The Morgan fingerprint density at radius 1 is 0.974 bits per heavy atom. The molecule has 7 nitrogen and oxygen atoms in total. The molecule has 6 rings (SSSR count). The van der Waals surface area contributed by atoms with E-state index in [-0.39, 0.29) is 11.4 Å². The summed E-state index contributed by atoms with van der Waals surface area (Å²) in [5, 5.41) is 13.7. The fraction of sp³-hybridized carbons (Fsp3) is 0.290. The van der Waals surface area contributed by atoms with Crippen molar-refractivity contribution in [1.29, 1.82) is 0 Å². The molecule has 0 amide bonds. The average Bonchev–Trinajstić information content (AvgIpc) is 3.39. The quantitative estimate of drug-likeness (QED) is 0.323. The van der Waals surface area contributed by atoms with E-state index in [1.807, 2.05) is 25.1 Å². The van der Waals surface area contributed by atoms with Crippen LogP contribution in [0.25, 0.3) is 10.9 Å². The fourth-order valence-electron chi connectivity index (χ4n) is 5.69. The van der Waals surface area contributed by atoms with Crippen molar-refractivity contribution >= 4 is 10.9 Å². The summed E-state index contributed by atoms with van der Waals surface area (Å²) in [6.07, 6.45) is 3.10. The maximum Gasteiger partial charge on any atom is 0.253 e. The standard InChI is InChI=1S/C31H31FN6O/c1-21-7-12-28-25(17-21)19-27(31(39)33-28)29(30-34-35-36-38(30)20-24-8-10-26(32)11-9-24)37-15-13-23(14-16-37)18-22-5-3-2-4-6-22/h2-12,17,19,23,29H,13-16,18,20H2,1H3,(H,33,39)/t29-/m1/s1. The minimum atomic E-state index is -0.410. The second-order valence-corrected chi connectivity index (χ2v) is 10.5. The molecule has 198 valence electrons. The van der Waals surface area contributed by atoms with Crippen molar-refractivity contribution in [2.24, 2.45) is 5.92 Å². The van der Waals surface area contributed by atoms with Gasteiger partial charge in [-0.25, -0.2) is 9.07 Å². The number of aryl methyl sites for hydroxylation is 1. The van der Waals surface area contributed by atoms with Crippen molar-refractivity contribution in [3.8, 4) is 0 Å². The molecule has 1 fully saturated rings. The monoisotopic (exact) mass is 522 g/mol. The summed E-state index contributed by atoms with van der Waals surface area (Å²) in [7, 11) is 0.